The van der Waals surface area contributed by atoms with Crippen LogP contribution < -0.4 is 9.62 Å². The molecule has 1 aliphatic heterocycles. The molecule has 2 amide bonds. The van der Waals surface area contributed by atoms with Gasteiger partial charge in [0.1, 0.15) is 11.5 Å². The molecular weight excluding hydrogens is 507 g/mol. The van der Waals surface area contributed by atoms with Crippen LogP contribution in [0.4, 0.5) is 20.6 Å². The summed E-state index contributed by atoms with van der Waals surface area (Å²) < 4.78 is 41.9. The van der Waals surface area contributed by atoms with E-state index in [1.165, 1.54) is 30.3 Å². The topological polar surface area (TPSA) is 99.7 Å². The van der Waals surface area contributed by atoms with Crippen molar-refractivity contribution in [2.75, 3.05) is 22.7 Å². The number of amides is 2. The van der Waals surface area contributed by atoms with E-state index >= 15 is 0 Å². The summed E-state index contributed by atoms with van der Waals surface area (Å²) in [6.07, 6.45) is 0.924. The minimum atomic E-state index is -4.06. The van der Waals surface area contributed by atoms with Gasteiger partial charge in [0.05, 0.1) is 16.8 Å². The zero-order chi connectivity index (χ0) is 26.7. The largest absolute Gasteiger partial charge is 0.324 e. The fourth-order valence-electron chi connectivity index (χ4n) is 4.20. The highest BCUT2D eigenvalue weighted by Crippen LogP contribution is 2.26. The summed E-state index contributed by atoms with van der Waals surface area (Å²) in [6, 6.07) is 24.0. The molecule has 1 aromatic heterocycles. The molecule has 0 bridgehead atoms. The first kappa shape index (κ1) is 25.1. The van der Waals surface area contributed by atoms with Gasteiger partial charge in [0.2, 0.25) is 5.78 Å². The van der Waals surface area contributed by atoms with E-state index in [0.717, 1.165) is 17.8 Å². The fraction of sp³-hybridized carbons (Fsp3) is 0.107. The number of halogens is 1. The molecule has 0 spiro atoms. The average molecular weight is 531 g/mol. The minimum Gasteiger partial charge on any atom is -0.318 e. The SMILES string of the molecule is O=C(c1ccc(F)cn1)c1ccccc1NS(=O)(=O)c1ccc(N2CCN(Cc3ccccc3)C2=O)cc1. The number of sulfonamides is 1. The van der Waals surface area contributed by atoms with E-state index in [1.807, 2.05) is 30.3 Å². The van der Waals surface area contributed by atoms with Gasteiger partial charge in [-0.25, -0.2) is 22.6 Å². The second kappa shape index (κ2) is 10.4. The van der Waals surface area contributed by atoms with Crippen molar-refractivity contribution in [3.63, 3.8) is 0 Å². The Morgan fingerprint density at radius 3 is 2.32 bits per heavy atom. The lowest BCUT2D eigenvalue weighted by molar-refractivity contribution is 0.103. The highest BCUT2D eigenvalue weighted by molar-refractivity contribution is 7.92. The predicted octanol–water partition coefficient (Wildman–Crippen LogP) is 4.69. The number of nitrogens with one attached hydrogen (secondary N) is 1. The molecule has 192 valence electrons. The number of hydrogen-bond donors (Lipinski definition) is 1. The molecule has 5 rings (SSSR count). The molecule has 8 nitrogen and oxygen atoms in total. The first-order valence-corrected chi connectivity index (χ1v) is 13.3. The first-order chi connectivity index (χ1) is 18.3. The summed E-state index contributed by atoms with van der Waals surface area (Å²) in [5.41, 5.74) is 1.75. The van der Waals surface area contributed by atoms with Gasteiger partial charge < -0.3 is 4.90 Å². The van der Waals surface area contributed by atoms with Crippen LogP contribution in [-0.4, -0.2) is 43.2 Å². The summed E-state index contributed by atoms with van der Waals surface area (Å²) in [4.78, 5) is 33.0. The normalized spacial score (nSPS) is 13.6. The van der Waals surface area contributed by atoms with Crippen LogP contribution in [-0.2, 0) is 16.6 Å². The van der Waals surface area contributed by atoms with Crippen LogP contribution in [0.25, 0.3) is 0 Å². The molecule has 0 saturated carbocycles. The van der Waals surface area contributed by atoms with Crippen molar-refractivity contribution in [2.24, 2.45) is 0 Å². The maximum atomic E-state index is 13.2. The van der Waals surface area contributed by atoms with E-state index < -0.39 is 21.6 Å². The Morgan fingerprint density at radius 2 is 1.61 bits per heavy atom. The number of carbonyl (C=O) groups is 2. The number of para-hydroxylation sites is 1. The number of carbonyl (C=O) groups excluding carboxylic acids is 2. The smallest absolute Gasteiger partial charge is 0.318 e. The third-order valence-corrected chi connectivity index (χ3v) is 7.53. The van der Waals surface area contributed by atoms with Crippen molar-refractivity contribution in [1.82, 2.24) is 9.88 Å². The van der Waals surface area contributed by atoms with Crippen LogP contribution in [0, 0.1) is 5.82 Å². The molecule has 0 radical (unpaired) electrons. The molecule has 4 aromatic rings. The highest BCUT2D eigenvalue weighted by atomic mass is 32.2. The van der Waals surface area contributed by atoms with Crippen LogP contribution in [0.5, 0.6) is 0 Å². The Balaban J connectivity index is 1.31. The summed E-state index contributed by atoms with van der Waals surface area (Å²) in [7, 11) is -4.06. The summed E-state index contributed by atoms with van der Waals surface area (Å²) >= 11 is 0. The Morgan fingerprint density at radius 1 is 0.895 bits per heavy atom. The average Bonchev–Trinajstić information content (AvgIpc) is 3.29. The lowest BCUT2D eigenvalue weighted by Crippen LogP contribution is -2.31. The number of ketones is 1. The van der Waals surface area contributed by atoms with Crippen LogP contribution in [0.2, 0.25) is 0 Å². The number of urea groups is 1. The van der Waals surface area contributed by atoms with Crippen LogP contribution >= 0.6 is 0 Å². The number of rotatable bonds is 8. The molecule has 0 unspecified atom stereocenters. The zero-order valence-electron chi connectivity index (χ0n) is 20.1. The second-order valence-corrected chi connectivity index (χ2v) is 10.4. The van der Waals surface area contributed by atoms with Crippen molar-refractivity contribution in [2.45, 2.75) is 11.4 Å². The summed E-state index contributed by atoms with van der Waals surface area (Å²) in [5, 5.41) is 0. The van der Waals surface area contributed by atoms with Crippen LogP contribution in [0.1, 0.15) is 21.6 Å². The van der Waals surface area contributed by atoms with Crippen molar-refractivity contribution >= 4 is 33.2 Å². The monoisotopic (exact) mass is 530 g/mol. The Hall–Kier alpha value is -4.57. The molecule has 3 aromatic carbocycles. The zero-order valence-corrected chi connectivity index (χ0v) is 20.9. The van der Waals surface area contributed by atoms with Crippen LogP contribution in [0.15, 0.2) is 102 Å². The number of anilines is 2. The van der Waals surface area contributed by atoms with E-state index in [9.17, 15) is 22.4 Å². The number of pyridine rings is 1. The predicted molar refractivity (Wildman–Crippen MR) is 141 cm³/mol. The van der Waals surface area contributed by atoms with E-state index in [2.05, 4.69) is 9.71 Å². The molecule has 1 N–H and O–H groups in total. The van der Waals surface area contributed by atoms with Gasteiger partial charge in [-0.05, 0) is 54.1 Å². The van der Waals surface area contributed by atoms with E-state index in [0.29, 0.717) is 25.3 Å². The molecule has 1 fully saturated rings. The van der Waals surface area contributed by atoms with E-state index in [1.54, 1.807) is 34.1 Å². The van der Waals surface area contributed by atoms with E-state index in [-0.39, 0.29) is 27.9 Å². The lowest BCUT2D eigenvalue weighted by atomic mass is 10.1. The fourth-order valence-corrected chi connectivity index (χ4v) is 5.28. The van der Waals surface area contributed by atoms with Gasteiger partial charge >= 0.3 is 6.03 Å². The van der Waals surface area contributed by atoms with Crippen molar-refractivity contribution < 1.29 is 22.4 Å². The Labute approximate surface area is 219 Å². The number of aromatic nitrogens is 1. The molecule has 1 aliphatic rings. The number of nitrogens with zero attached hydrogens (tertiary/aromatic N) is 3. The van der Waals surface area contributed by atoms with Gasteiger partial charge in [0.15, 0.2) is 0 Å². The standard InChI is InChI=1S/C28H23FN4O4S/c29-21-10-15-26(30-18-21)27(34)24-8-4-5-9-25(24)31-38(36,37)23-13-11-22(12-14-23)33-17-16-32(28(33)35)19-20-6-2-1-3-7-20/h1-15,18,31H,16-17,19H2. The number of benzene rings is 3. The summed E-state index contributed by atoms with van der Waals surface area (Å²) in [5.74, 6) is -1.13. The Bertz CT molecular complexity index is 1580. The van der Waals surface area contributed by atoms with Gasteiger partial charge in [-0.3, -0.25) is 14.4 Å². The third kappa shape index (κ3) is 5.25. The maximum absolute atomic E-state index is 13.2. The van der Waals surface area contributed by atoms with Crippen molar-refractivity contribution in [1.29, 1.82) is 0 Å². The van der Waals surface area contributed by atoms with Gasteiger partial charge in [-0.1, -0.05) is 42.5 Å². The van der Waals surface area contributed by atoms with Crippen molar-refractivity contribution in [3.05, 3.63) is 120 Å². The molecule has 2 heterocycles. The van der Waals surface area contributed by atoms with Gasteiger partial charge in [-0.2, -0.15) is 0 Å². The second-order valence-electron chi connectivity index (χ2n) is 8.68. The van der Waals surface area contributed by atoms with Gasteiger partial charge in [-0.15, -0.1) is 0 Å². The molecule has 0 aliphatic carbocycles. The highest BCUT2D eigenvalue weighted by Gasteiger charge is 2.30. The maximum Gasteiger partial charge on any atom is 0.324 e. The minimum absolute atomic E-state index is 0.0148. The Kier molecular flexibility index (Phi) is 6.89. The van der Waals surface area contributed by atoms with Crippen LogP contribution in [0.3, 0.4) is 0 Å². The molecule has 1 saturated heterocycles. The van der Waals surface area contributed by atoms with Crippen molar-refractivity contribution in [3.8, 4) is 0 Å². The molecular formula is C28H23FN4O4S. The van der Waals surface area contributed by atoms with E-state index in [4.69, 9.17) is 0 Å². The molecule has 0 atom stereocenters. The molecule has 10 heteroatoms. The summed E-state index contributed by atoms with van der Waals surface area (Å²) in [6.45, 7) is 1.55. The van der Waals surface area contributed by atoms with Gasteiger partial charge in [0.25, 0.3) is 10.0 Å². The number of hydrogen-bond acceptors (Lipinski definition) is 5. The quantitative estimate of drug-likeness (QED) is 0.333. The third-order valence-electron chi connectivity index (χ3n) is 6.15. The lowest BCUT2D eigenvalue weighted by Gasteiger charge is -2.19. The first-order valence-electron chi connectivity index (χ1n) is 11.8. The molecule has 38 heavy (non-hydrogen) atoms. The van der Waals surface area contributed by atoms with Gasteiger partial charge in [0, 0.05) is 30.9 Å².